The third-order valence-corrected chi connectivity index (χ3v) is 2.01. The van der Waals surface area contributed by atoms with Crippen LogP contribution in [0.15, 0.2) is 27.8 Å². The highest BCUT2D eigenvalue weighted by atomic mass is 79.9. The van der Waals surface area contributed by atoms with Crippen LogP contribution in [-0.2, 0) is 0 Å². The summed E-state index contributed by atoms with van der Waals surface area (Å²) < 4.78 is 13.6. The molecule has 1 aromatic carbocycles. The van der Waals surface area contributed by atoms with Gasteiger partial charge in [0.2, 0.25) is 0 Å². The summed E-state index contributed by atoms with van der Waals surface area (Å²) in [6.07, 6.45) is 0. The molecule has 0 amide bonds. The first kappa shape index (κ1) is 9.48. The van der Waals surface area contributed by atoms with Crippen LogP contribution in [0.2, 0.25) is 0 Å². The molecule has 0 aliphatic heterocycles. The largest absolute Gasteiger partial charge is 0.410 e. The van der Waals surface area contributed by atoms with Crippen LogP contribution in [0.3, 0.4) is 0 Å². The lowest BCUT2D eigenvalue weighted by atomic mass is 10.2. The molecule has 12 heavy (non-hydrogen) atoms. The molecule has 2 nitrogen and oxygen atoms in total. The standard InChI is InChI=1S/C7H4BrClFNO/c8-4-1-2-5(6(10)3-4)7(9)11-12/h1-3,12H/b11-7-. The molecule has 0 saturated heterocycles. The number of rotatable bonds is 1. The SMILES string of the molecule is O/N=C(\Cl)c1ccc(Br)cc1F. The maximum absolute atomic E-state index is 13.0. The van der Waals surface area contributed by atoms with Gasteiger partial charge in [0.25, 0.3) is 0 Å². The average Bonchev–Trinajstić information content (AvgIpc) is 2.03. The molecule has 64 valence electrons. The summed E-state index contributed by atoms with van der Waals surface area (Å²) >= 11 is 8.47. The molecule has 0 atom stereocenters. The number of nitrogens with zero attached hydrogens (tertiary/aromatic N) is 1. The smallest absolute Gasteiger partial charge is 0.178 e. The first-order valence-corrected chi connectivity index (χ1v) is 4.15. The van der Waals surface area contributed by atoms with Gasteiger partial charge in [-0.25, -0.2) is 4.39 Å². The molecular weight excluding hydrogens is 248 g/mol. The molecular formula is C7H4BrClFNO. The first-order chi connectivity index (χ1) is 5.65. The fourth-order valence-electron chi connectivity index (χ4n) is 0.711. The summed E-state index contributed by atoms with van der Waals surface area (Å²) in [7, 11) is 0. The second-order valence-corrected chi connectivity index (χ2v) is 3.29. The molecule has 0 bridgehead atoms. The maximum atomic E-state index is 13.0. The van der Waals surface area contributed by atoms with Crippen LogP contribution >= 0.6 is 27.5 Å². The van der Waals surface area contributed by atoms with Gasteiger partial charge in [-0.05, 0) is 18.2 Å². The summed E-state index contributed by atoms with van der Waals surface area (Å²) in [4.78, 5) is 0. The van der Waals surface area contributed by atoms with Gasteiger partial charge in [0, 0.05) is 4.47 Å². The third-order valence-electron chi connectivity index (χ3n) is 1.24. The van der Waals surface area contributed by atoms with E-state index < -0.39 is 5.82 Å². The van der Waals surface area contributed by atoms with Crippen LogP contribution in [0.25, 0.3) is 0 Å². The number of hydrogen-bond acceptors (Lipinski definition) is 2. The number of halogens is 3. The van der Waals surface area contributed by atoms with Gasteiger partial charge >= 0.3 is 0 Å². The van der Waals surface area contributed by atoms with Crippen LogP contribution < -0.4 is 0 Å². The minimum Gasteiger partial charge on any atom is -0.410 e. The lowest BCUT2D eigenvalue weighted by Crippen LogP contribution is -1.95. The van der Waals surface area contributed by atoms with E-state index in [-0.39, 0.29) is 10.7 Å². The second kappa shape index (κ2) is 3.87. The van der Waals surface area contributed by atoms with Gasteiger partial charge in [-0.2, -0.15) is 0 Å². The quantitative estimate of drug-likeness (QED) is 0.465. The highest BCUT2D eigenvalue weighted by Crippen LogP contribution is 2.16. The molecule has 0 aliphatic rings. The first-order valence-electron chi connectivity index (χ1n) is 2.98. The van der Waals surface area contributed by atoms with Crippen molar-refractivity contribution in [1.82, 2.24) is 0 Å². The average molecular weight is 252 g/mol. The summed E-state index contributed by atoms with van der Waals surface area (Å²) in [5, 5.41) is 10.7. The second-order valence-electron chi connectivity index (χ2n) is 2.01. The van der Waals surface area contributed by atoms with E-state index in [0.717, 1.165) is 0 Å². The van der Waals surface area contributed by atoms with Crippen molar-refractivity contribution in [1.29, 1.82) is 0 Å². The van der Waals surface area contributed by atoms with E-state index in [1.54, 1.807) is 6.07 Å². The highest BCUT2D eigenvalue weighted by molar-refractivity contribution is 9.10. The van der Waals surface area contributed by atoms with E-state index in [0.29, 0.717) is 4.47 Å². The molecule has 5 heteroatoms. The molecule has 0 heterocycles. The van der Waals surface area contributed by atoms with E-state index in [2.05, 4.69) is 21.1 Å². The van der Waals surface area contributed by atoms with Gasteiger partial charge in [0.1, 0.15) is 5.82 Å². The van der Waals surface area contributed by atoms with Gasteiger partial charge in [-0.15, -0.1) is 0 Å². The Bertz CT molecular complexity index is 329. The van der Waals surface area contributed by atoms with Crippen molar-refractivity contribution in [3.8, 4) is 0 Å². The van der Waals surface area contributed by atoms with Gasteiger partial charge in [-0.1, -0.05) is 32.7 Å². The van der Waals surface area contributed by atoms with Crippen LogP contribution in [0.5, 0.6) is 0 Å². The monoisotopic (exact) mass is 251 g/mol. The van der Waals surface area contributed by atoms with Crippen molar-refractivity contribution in [3.63, 3.8) is 0 Å². The van der Waals surface area contributed by atoms with E-state index in [1.165, 1.54) is 12.1 Å². The van der Waals surface area contributed by atoms with Crippen molar-refractivity contribution < 1.29 is 9.60 Å². The Kier molecular flexibility index (Phi) is 3.05. The van der Waals surface area contributed by atoms with Crippen molar-refractivity contribution >= 4 is 32.7 Å². The molecule has 0 aromatic heterocycles. The van der Waals surface area contributed by atoms with Gasteiger partial charge < -0.3 is 5.21 Å². The topological polar surface area (TPSA) is 32.6 Å². The number of oxime groups is 1. The summed E-state index contributed by atoms with van der Waals surface area (Å²) in [5.74, 6) is -0.535. The lowest BCUT2D eigenvalue weighted by Gasteiger charge is -1.98. The van der Waals surface area contributed by atoms with Crippen LogP contribution in [-0.4, -0.2) is 10.4 Å². The highest BCUT2D eigenvalue weighted by Gasteiger charge is 2.07. The van der Waals surface area contributed by atoms with Gasteiger partial charge in [-0.3, -0.25) is 0 Å². The molecule has 0 fully saturated rings. The Morgan fingerprint density at radius 1 is 1.58 bits per heavy atom. The van der Waals surface area contributed by atoms with Crippen molar-refractivity contribution in [3.05, 3.63) is 34.1 Å². The lowest BCUT2D eigenvalue weighted by molar-refractivity contribution is 0.320. The van der Waals surface area contributed by atoms with E-state index in [9.17, 15) is 4.39 Å². The Labute approximate surface area is 81.8 Å². The number of hydrogen-bond donors (Lipinski definition) is 1. The predicted octanol–water partition coefficient (Wildman–Crippen LogP) is 2.96. The van der Waals surface area contributed by atoms with Crippen LogP contribution in [0, 0.1) is 5.82 Å². The Morgan fingerprint density at radius 3 is 2.75 bits per heavy atom. The number of benzene rings is 1. The summed E-state index contributed by atoms with van der Waals surface area (Å²) in [6.45, 7) is 0. The third kappa shape index (κ3) is 1.95. The summed E-state index contributed by atoms with van der Waals surface area (Å²) in [5.41, 5.74) is 0.0716. The van der Waals surface area contributed by atoms with Crippen LogP contribution in [0.4, 0.5) is 4.39 Å². The van der Waals surface area contributed by atoms with E-state index in [1.807, 2.05) is 0 Å². The molecule has 1 aromatic rings. The van der Waals surface area contributed by atoms with Crippen LogP contribution in [0.1, 0.15) is 5.56 Å². The minimum atomic E-state index is -0.535. The summed E-state index contributed by atoms with van der Waals surface area (Å²) in [6, 6.07) is 4.26. The van der Waals surface area contributed by atoms with Crippen molar-refractivity contribution in [2.45, 2.75) is 0 Å². The predicted molar refractivity (Wildman–Crippen MR) is 48.3 cm³/mol. The Morgan fingerprint density at radius 2 is 2.25 bits per heavy atom. The zero-order valence-electron chi connectivity index (χ0n) is 5.76. The Balaban J connectivity index is 3.18. The van der Waals surface area contributed by atoms with Gasteiger partial charge in [0.05, 0.1) is 5.56 Å². The fraction of sp³-hybridized carbons (Fsp3) is 0. The molecule has 0 unspecified atom stereocenters. The molecule has 0 aliphatic carbocycles. The zero-order chi connectivity index (χ0) is 9.14. The van der Waals surface area contributed by atoms with Gasteiger partial charge in [0.15, 0.2) is 5.17 Å². The molecule has 1 rings (SSSR count). The Hall–Kier alpha value is -0.610. The fourth-order valence-corrected chi connectivity index (χ4v) is 1.20. The van der Waals surface area contributed by atoms with Crippen molar-refractivity contribution in [2.75, 3.05) is 0 Å². The molecule has 0 spiro atoms. The van der Waals surface area contributed by atoms with E-state index in [4.69, 9.17) is 16.8 Å². The minimum absolute atomic E-state index is 0.0716. The van der Waals surface area contributed by atoms with Crippen molar-refractivity contribution in [2.24, 2.45) is 5.16 Å². The normalized spacial score (nSPS) is 11.8. The molecule has 1 N–H and O–H groups in total. The molecule has 0 saturated carbocycles. The maximum Gasteiger partial charge on any atom is 0.178 e. The zero-order valence-corrected chi connectivity index (χ0v) is 8.10. The molecule has 0 radical (unpaired) electrons. The van der Waals surface area contributed by atoms with E-state index >= 15 is 0 Å².